The maximum absolute atomic E-state index is 11.9. The predicted octanol–water partition coefficient (Wildman–Crippen LogP) is 4.55. The number of amides is 1. The lowest BCUT2D eigenvalue weighted by atomic mass is 10.2. The molecule has 5 nitrogen and oxygen atoms in total. The lowest BCUT2D eigenvalue weighted by Crippen LogP contribution is -2.23. The first-order chi connectivity index (χ1) is 11.7. The highest BCUT2D eigenvalue weighted by Crippen LogP contribution is 2.27. The van der Waals surface area contributed by atoms with Crippen molar-refractivity contribution in [3.05, 3.63) is 47.4 Å². The highest BCUT2D eigenvalue weighted by molar-refractivity contribution is 7.98. The Morgan fingerprint density at radius 1 is 1.25 bits per heavy atom. The monoisotopic (exact) mass is 344 g/mol. The number of unbranched alkanes of at least 4 members (excludes halogenated alkanes) is 1. The van der Waals surface area contributed by atoms with Gasteiger partial charge in [-0.15, -0.1) is 0 Å². The van der Waals surface area contributed by atoms with Crippen molar-refractivity contribution in [3.8, 4) is 0 Å². The molecule has 0 saturated heterocycles. The maximum atomic E-state index is 11.9. The average Bonchev–Trinajstić information content (AvgIpc) is 3.19. The topological polar surface area (TPSA) is 68.3 Å². The van der Waals surface area contributed by atoms with E-state index < -0.39 is 0 Å². The van der Waals surface area contributed by atoms with Crippen LogP contribution in [-0.4, -0.2) is 17.4 Å². The largest absolute Gasteiger partial charge is 0.455 e. The number of benzene rings is 1. The van der Waals surface area contributed by atoms with E-state index >= 15 is 0 Å². The third-order valence-electron chi connectivity index (χ3n) is 3.56. The van der Waals surface area contributed by atoms with Gasteiger partial charge in [0.1, 0.15) is 11.3 Å². The number of nitrogens with zero attached hydrogens (tertiary/aromatic N) is 1. The molecule has 0 bridgehead atoms. The molecule has 0 radical (unpaired) electrons. The fourth-order valence-corrected chi connectivity index (χ4v) is 2.98. The Morgan fingerprint density at radius 2 is 2.12 bits per heavy atom. The number of aromatic nitrogens is 1. The molecule has 2 aromatic heterocycles. The molecule has 3 aromatic rings. The number of furan rings is 1. The Labute approximate surface area is 144 Å². The Bertz CT molecular complexity index is 838. The van der Waals surface area contributed by atoms with E-state index in [0.717, 1.165) is 35.3 Å². The second-order valence-corrected chi connectivity index (χ2v) is 6.54. The molecule has 24 heavy (non-hydrogen) atoms. The third-order valence-corrected chi connectivity index (χ3v) is 4.41. The van der Waals surface area contributed by atoms with Crippen LogP contribution in [0.5, 0.6) is 0 Å². The second kappa shape index (κ2) is 7.57. The minimum Gasteiger partial charge on any atom is -0.455 e. The summed E-state index contributed by atoms with van der Waals surface area (Å²) < 4.78 is 11.3. The van der Waals surface area contributed by atoms with Crippen molar-refractivity contribution in [2.75, 3.05) is 6.54 Å². The van der Waals surface area contributed by atoms with E-state index in [-0.39, 0.29) is 5.91 Å². The maximum Gasteiger partial charge on any atom is 0.286 e. The molecule has 2 heterocycles. The van der Waals surface area contributed by atoms with E-state index in [0.29, 0.717) is 23.3 Å². The van der Waals surface area contributed by atoms with Crippen LogP contribution in [0.1, 0.15) is 41.6 Å². The summed E-state index contributed by atoms with van der Waals surface area (Å²) in [6, 6.07) is 9.44. The van der Waals surface area contributed by atoms with E-state index in [9.17, 15) is 4.79 Å². The van der Waals surface area contributed by atoms with Crippen LogP contribution in [0.2, 0.25) is 0 Å². The molecule has 1 N–H and O–H groups in total. The van der Waals surface area contributed by atoms with Crippen LogP contribution in [0, 0.1) is 6.92 Å². The van der Waals surface area contributed by atoms with Crippen molar-refractivity contribution in [1.82, 2.24) is 10.3 Å². The number of rotatable bonds is 7. The molecule has 0 unspecified atom stereocenters. The zero-order chi connectivity index (χ0) is 16.9. The van der Waals surface area contributed by atoms with Gasteiger partial charge in [-0.2, -0.15) is 0 Å². The molecular formula is C18H20N2O3S. The molecule has 0 atom stereocenters. The molecule has 0 spiro atoms. The first kappa shape index (κ1) is 16.6. The first-order valence-electron chi connectivity index (χ1n) is 8.02. The van der Waals surface area contributed by atoms with Gasteiger partial charge >= 0.3 is 0 Å². The van der Waals surface area contributed by atoms with Crippen LogP contribution < -0.4 is 5.32 Å². The van der Waals surface area contributed by atoms with Crippen molar-refractivity contribution in [2.45, 2.75) is 37.7 Å². The summed E-state index contributed by atoms with van der Waals surface area (Å²) in [6.07, 6.45) is 2.01. The summed E-state index contributed by atoms with van der Waals surface area (Å²) in [4.78, 5) is 16.3. The number of carbonyl (C=O) groups excluding carboxylic acids is 1. The smallest absolute Gasteiger partial charge is 0.286 e. The van der Waals surface area contributed by atoms with Crippen LogP contribution in [-0.2, 0) is 5.75 Å². The van der Waals surface area contributed by atoms with E-state index in [4.69, 9.17) is 8.83 Å². The van der Waals surface area contributed by atoms with E-state index in [1.807, 2.05) is 31.2 Å². The predicted molar refractivity (Wildman–Crippen MR) is 94.3 cm³/mol. The number of aryl methyl sites for hydroxylation is 1. The van der Waals surface area contributed by atoms with Gasteiger partial charge in [-0.25, -0.2) is 4.98 Å². The van der Waals surface area contributed by atoms with Gasteiger partial charge < -0.3 is 14.2 Å². The summed E-state index contributed by atoms with van der Waals surface area (Å²) in [5.41, 5.74) is 2.77. The fraction of sp³-hybridized carbons (Fsp3) is 0.333. The first-order valence-corrected chi connectivity index (χ1v) is 9.01. The zero-order valence-corrected chi connectivity index (χ0v) is 14.6. The second-order valence-electron chi connectivity index (χ2n) is 5.62. The fourth-order valence-electron chi connectivity index (χ4n) is 2.25. The van der Waals surface area contributed by atoms with Crippen LogP contribution >= 0.6 is 11.8 Å². The average molecular weight is 344 g/mol. The van der Waals surface area contributed by atoms with Gasteiger partial charge in [-0.1, -0.05) is 31.2 Å². The molecule has 1 aromatic carbocycles. The third kappa shape index (κ3) is 4.00. The number of carbonyl (C=O) groups is 1. The Balaban J connectivity index is 1.59. The lowest BCUT2D eigenvalue weighted by Gasteiger charge is -2.00. The summed E-state index contributed by atoms with van der Waals surface area (Å²) in [5.74, 6) is 1.46. The van der Waals surface area contributed by atoms with Crippen molar-refractivity contribution < 1.29 is 13.6 Å². The molecule has 0 fully saturated rings. The quantitative estimate of drug-likeness (QED) is 0.503. The molecular weight excluding hydrogens is 324 g/mol. The number of hydrogen-bond acceptors (Lipinski definition) is 5. The SMILES string of the molecule is CCCCNC(=O)c1ccc(CSc2nc3ccc(C)cc3o2)o1. The van der Waals surface area contributed by atoms with Crippen LogP contribution in [0.4, 0.5) is 0 Å². The van der Waals surface area contributed by atoms with Gasteiger partial charge in [0, 0.05) is 6.54 Å². The molecule has 0 saturated carbocycles. The lowest BCUT2D eigenvalue weighted by molar-refractivity contribution is 0.0924. The van der Waals surface area contributed by atoms with Crippen molar-refractivity contribution in [2.24, 2.45) is 0 Å². The number of nitrogens with one attached hydrogen (secondary N) is 1. The van der Waals surface area contributed by atoms with E-state index in [1.54, 1.807) is 6.07 Å². The Morgan fingerprint density at radius 3 is 2.96 bits per heavy atom. The molecule has 126 valence electrons. The highest BCUT2D eigenvalue weighted by atomic mass is 32.2. The summed E-state index contributed by atoms with van der Waals surface area (Å²) in [7, 11) is 0. The number of fused-ring (bicyclic) bond motifs is 1. The number of hydrogen-bond donors (Lipinski definition) is 1. The van der Waals surface area contributed by atoms with Gasteiger partial charge in [-0.3, -0.25) is 4.79 Å². The summed E-state index contributed by atoms with van der Waals surface area (Å²) in [6.45, 7) is 4.77. The standard InChI is InChI=1S/C18H20N2O3S/c1-3-4-9-19-17(21)15-8-6-13(22-15)11-24-18-20-14-7-5-12(2)10-16(14)23-18/h5-8,10H,3-4,9,11H2,1-2H3,(H,19,21). The molecule has 0 aliphatic rings. The van der Waals surface area contributed by atoms with Gasteiger partial charge in [0.15, 0.2) is 11.3 Å². The van der Waals surface area contributed by atoms with Crippen LogP contribution in [0.15, 0.2) is 44.4 Å². The van der Waals surface area contributed by atoms with Crippen molar-refractivity contribution in [1.29, 1.82) is 0 Å². The Kier molecular flexibility index (Phi) is 5.25. The van der Waals surface area contributed by atoms with Crippen molar-refractivity contribution >= 4 is 28.8 Å². The van der Waals surface area contributed by atoms with Gasteiger partial charge in [0.2, 0.25) is 0 Å². The minimum absolute atomic E-state index is 0.169. The molecule has 6 heteroatoms. The van der Waals surface area contributed by atoms with Crippen LogP contribution in [0.25, 0.3) is 11.1 Å². The molecule has 3 rings (SSSR count). The molecule has 0 aliphatic heterocycles. The molecule has 0 aliphatic carbocycles. The van der Waals surface area contributed by atoms with Gasteiger partial charge in [0.05, 0.1) is 5.75 Å². The minimum atomic E-state index is -0.169. The van der Waals surface area contributed by atoms with Crippen LogP contribution in [0.3, 0.4) is 0 Å². The number of oxazole rings is 1. The van der Waals surface area contributed by atoms with Gasteiger partial charge in [-0.05, 0) is 43.2 Å². The van der Waals surface area contributed by atoms with Gasteiger partial charge in [0.25, 0.3) is 11.1 Å². The van der Waals surface area contributed by atoms with Crippen molar-refractivity contribution in [3.63, 3.8) is 0 Å². The van der Waals surface area contributed by atoms with E-state index in [1.165, 1.54) is 11.8 Å². The Hall–Kier alpha value is -2.21. The summed E-state index contributed by atoms with van der Waals surface area (Å²) >= 11 is 1.45. The zero-order valence-electron chi connectivity index (χ0n) is 13.8. The normalized spacial score (nSPS) is 11.1. The number of thioether (sulfide) groups is 1. The summed E-state index contributed by atoms with van der Waals surface area (Å²) in [5, 5.41) is 3.44. The highest BCUT2D eigenvalue weighted by Gasteiger charge is 2.12. The molecule has 1 amide bonds. The van der Waals surface area contributed by atoms with E-state index in [2.05, 4.69) is 17.2 Å².